The summed E-state index contributed by atoms with van der Waals surface area (Å²) in [5.74, 6) is -0.190. The first kappa shape index (κ1) is 20.2. The van der Waals surface area contributed by atoms with E-state index in [9.17, 15) is 9.50 Å². The highest BCUT2D eigenvalue weighted by atomic mass is 19.1. The van der Waals surface area contributed by atoms with Crippen molar-refractivity contribution in [2.45, 2.75) is 38.6 Å². The number of aromatic nitrogens is 5. The fraction of sp³-hybridized carbons (Fsp3) is 0.316. The Labute approximate surface area is 166 Å². The molecule has 29 heavy (non-hydrogen) atoms. The van der Waals surface area contributed by atoms with Crippen LogP contribution in [0.5, 0.6) is 5.75 Å². The third-order valence-electron chi connectivity index (χ3n) is 4.44. The second-order valence-electron chi connectivity index (χ2n) is 6.65. The number of anilines is 2. The van der Waals surface area contributed by atoms with Crippen LogP contribution in [0.2, 0.25) is 0 Å². The first-order chi connectivity index (χ1) is 14.0. The lowest BCUT2D eigenvalue weighted by Crippen LogP contribution is -2.13. The third kappa shape index (κ3) is 5.03. The van der Waals surface area contributed by atoms with E-state index in [1.165, 1.54) is 57.3 Å². The van der Waals surface area contributed by atoms with Crippen LogP contribution < -0.4 is 11.1 Å². The minimum absolute atomic E-state index is 0.0102. The van der Waals surface area contributed by atoms with Gasteiger partial charge >= 0.3 is 0 Å². The van der Waals surface area contributed by atoms with Gasteiger partial charge in [0, 0.05) is 12.1 Å². The van der Waals surface area contributed by atoms with Crippen LogP contribution in [-0.4, -0.2) is 36.3 Å². The summed E-state index contributed by atoms with van der Waals surface area (Å²) in [5, 5.41) is 27.9. The molecule has 0 amide bonds. The first-order valence-electron chi connectivity index (χ1n) is 9.12. The SMILES string of the molecule is Cc1ncc(O)c(-c2cc(Nc3cnc(C#N)cn3)n[nH]2)c1F.NC1CCCC1. The van der Waals surface area contributed by atoms with E-state index < -0.39 is 5.82 Å². The first-order valence-corrected chi connectivity index (χ1v) is 9.12. The van der Waals surface area contributed by atoms with E-state index >= 15 is 0 Å². The largest absolute Gasteiger partial charge is 0.506 e. The molecule has 0 saturated heterocycles. The molecule has 0 spiro atoms. The molecule has 1 saturated carbocycles. The number of pyridine rings is 1. The van der Waals surface area contributed by atoms with Gasteiger partial charge in [-0.3, -0.25) is 10.1 Å². The Bertz CT molecular complexity index is 1010. The van der Waals surface area contributed by atoms with Crippen LogP contribution in [0, 0.1) is 24.1 Å². The maximum atomic E-state index is 14.1. The quantitative estimate of drug-likeness (QED) is 0.528. The predicted octanol–water partition coefficient (Wildman–Crippen LogP) is 2.92. The molecule has 1 aliphatic rings. The van der Waals surface area contributed by atoms with Gasteiger partial charge in [0.1, 0.15) is 17.6 Å². The fourth-order valence-corrected chi connectivity index (χ4v) is 2.88. The van der Waals surface area contributed by atoms with Gasteiger partial charge in [-0.2, -0.15) is 10.4 Å². The van der Waals surface area contributed by atoms with Gasteiger partial charge in [0.15, 0.2) is 17.3 Å². The normalized spacial score (nSPS) is 13.4. The molecule has 3 aromatic heterocycles. The Kier molecular flexibility index (Phi) is 6.31. The van der Waals surface area contributed by atoms with Crippen molar-refractivity contribution in [3.05, 3.63) is 41.9 Å². The predicted molar refractivity (Wildman–Crippen MR) is 105 cm³/mol. The van der Waals surface area contributed by atoms with E-state index in [0.717, 1.165) is 0 Å². The molecule has 10 heteroatoms. The summed E-state index contributed by atoms with van der Waals surface area (Å²) in [7, 11) is 0. The van der Waals surface area contributed by atoms with Crippen LogP contribution in [0.3, 0.4) is 0 Å². The number of nitrogens with two attached hydrogens (primary N) is 1. The standard InChI is InChI=1S/C14H10FN7O.C5H11N/c1-7-14(15)13(10(23)5-17-7)9-2-11(22-21-9)20-12-6-18-8(3-16)4-19-12;6-5-3-1-2-4-5/h2,4-6,23H,1H3,(H2,19,20,21,22);5H,1-4,6H2. The number of aromatic amines is 1. The number of aromatic hydroxyl groups is 1. The van der Waals surface area contributed by atoms with Gasteiger partial charge in [-0.15, -0.1) is 0 Å². The van der Waals surface area contributed by atoms with Gasteiger partial charge in [-0.05, 0) is 19.8 Å². The molecule has 3 aromatic rings. The molecular formula is C19H21FN8O. The molecular weight excluding hydrogens is 375 g/mol. The highest BCUT2D eigenvalue weighted by Crippen LogP contribution is 2.32. The molecule has 0 bridgehead atoms. The molecule has 3 heterocycles. The van der Waals surface area contributed by atoms with E-state index in [-0.39, 0.29) is 28.4 Å². The zero-order valence-corrected chi connectivity index (χ0v) is 15.9. The topological polar surface area (TPSA) is 149 Å². The zero-order chi connectivity index (χ0) is 20.8. The van der Waals surface area contributed by atoms with Crippen LogP contribution in [-0.2, 0) is 0 Å². The minimum atomic E-state index is -0.627. The molecule has 0 atom stereocenters. The van der Waals surface area contributed by atoms with E-state index in [0.29, 0.717) is 17.7 Å². The molecule has 0 radical (unpaired) electrons. The van der Waals surface area contributed by atoms with Crippen molar-refractivity contribution in [2.75, 3.05) is 5.32 Å². The number of hydrogen-bond donors (Lipinski definition) is 4. The average molecular weight is 396 g/mol. The number of rotatable bonds is 3. The van der Waals surface area contributed by atoms with Gasteiger partial charge in [-0.1, -0.05) is 12.8 Å². The zero-order valence-electron chi connectivity index (χ0n) is 15.9. The Morgan fingerprint density at radius 2 is 1.97 bits per heavy atom. The molecule has 1 fully saturated rings. The smallest absolute Gasteiger partial charge is 0.158 e. The van der Waals surface area contributed by atoms with Crippen molar-refractivity contribution >= 4 is 11.6 Å². The number of hydrogen-bond acceptors (Lipinski definition) is 8. The Balaban J connectivity index is 0.000000343. The van der Waals surface area contributed by atoms with Crippen LogP contribution >= 0.6 is 0 Å². The summed E-state index contributed by atoms with van der Waals surface area (Å²) in [5.41, 5.74) is 6.17. The summed E-state index contributed by atoms with van der Waals surface area (Å²) in [6.45, 7) is 1.50. The number of aryl methyl sites for hydroxylation is 1. The van der Waals surface area contributed by atoms with Crippen molar-refractivity contribution in [1.82, 2.24) is 25.1 Å². The van der Waals surface area contributed by atoms with Gasteiger partial charge in [0.25, 0.3) is 0 Å². The third-order valence-corrected chi connectivity index (χ3v) is 4.44. The van der Waals surface area contributed by atoms with Crippen molar-refractivity contribution in [3.8, 4) is 23.1 Å². The molecule has 0 unspecified atom stereocenters. The lowest BCUT2D eigenvalue weighted by Gasteiger charge is -2.04. The summed E-state index contributed by atoms with van der Waals surface area (Å²) in [6.07, 6.45) is 9.12. The van der Waals surface area contributed by atoms with Crippen LogP contribution in [0.1, 0.15) is 37.1 Å². The van der Waals surface area contributed by atoms with Crippen molar-refractivity contribution in [3.63, 3.8) is 0 Å². The molecule has 1 aliphatic carbocycles. The molecule has 5 N–H and O–H groups in total. The van der Waals surface area contributed by atoms with Gasteiger partial charge in [-0.25, -0.2) is 14.4 Å². The van der Waals surface area contributed by atoms with E-state index in [4.69, 9.17) is 11.0 Å². The minimum Gasteiger partial charge on any atom is -0.506 e. The van der Waals surface area contributed by atoms with Crippen LogP contribution in [0.4, 0.5) is 16.0 Å². The average Bonchev–Trinajstić information content (AvgIpc) is 3.38. The monoisotopic (exact) mass is 396 g/mol. The number of nitriles is 1. The van der Waals surface area contributed by atoms with Crippen LogP contribution in [0.15, 0.2) is 24.7 Å². The lowest BCUT2D eigenvalue weighted by atomic mass is 10.1. The van der Waals surface area contributed by atoms with Crippen molar-refractivity contribution in [2.24, 2.45) is 5.73 Å². The number of nitrogens with zero attached hydrogens (tertiary/aromatic N) is 5. The summed E-state index contributed by atoms with van der Waals surface area (Å²) >= 11 is 0. The molecule has 9 nitrogen and oxygen atoms in total. The Morgan fingerprint density at radius 1 is 1.21 bits per heavy atom. The van der Waals surface area contributed by atoms with E-state index in [2.05, 4.69) is 30.5 Å². The maximum absolute atomic E-state index is 14.1. The number of H-pyrrole nitrogens is 1. The van der Waals surface area contributed by atoms with E-state index in [1.807, 2.05) is 6.07 Å². The second-order valence-corrected chi connectivity index (χ2v) is 6.65. The van der Waals surface area contributed by atoms with Gasteiger partial charge < -0.3 is 16.2 Å². The highest BCUT2D eigenvalue weighted by molar-refractivity contribution is 5.70. The van der Waals surface area contributed by atoms with Crippen LogP contribution in [0.25, 0.3) is 11.3 Å². The highest BCUT2D eigenvalue weighted by Gasteiger charge is 2.16. The number of halogens is 1. The Hall–Kier alpha value is -3.58. The second kappa shape index (κ2) is 9.07. The van der Waals surface area contributed by atoms with Gasteiger partial charge in [0.05, 0.1) is 35.5 Å². The van der Waals surface area contributed by atoms with Gasteiger partial charge in [0.2, 0.25) is 0 Å². The van der Waals surface area contributed by atoms with Crippen molar-refractivity contribution < 1.29 is 9.50 Å². The summed E-state index contributed by atoms with van der Waals surface area (Å²) in [4.78, 5) is 11.6. The molecule has 0 aliphatic heterocycles. The fourth-order valence-electron chi connectivity index (χ4n) is 2.88. The molecule has 150 valence electrons. The molecule has 0 aromatic carbocycles. The van der Waals surface area contributed by atoms with Crippen molar-refractivity contribution in [1.29, 1.82) is 5.26 Å². The lowest BCUT2D eigenvalue weighted by molar-refractivity contribution is 0.466. The summed E-state index contributed by atoms with van der Waals surface area (Å²) in [6, 6.07) is 3.92. The number of nitrogens with one attached hydrogen (secondary N) is 2. The summed E-state index contributed by atoms with van der Waals surface area (Å²) < 4.78 is 14.1. The maximum Gasteiger partial charge on any atom is 0.158 e. The molecule has 4 rings (SSSR count). The van der Waals surface area contributed by atoms with E-state index in [1.54, 1.807) is 0 Å². The Morgan fingerprint density at radius 3 is 2.55 bits per heavy atom.